The number of aromatic nitrogens is 1. The molecule has 26 heavy (non-hydrogen) atoms. The van der Waals surface area contributed by atoms with Gasteiger partial charge in [-0.05, 0) is 43.9 Å². The van der Waals surface area contributed by atoms with Crippen LogP contribution in [0.15, 0.2) is 18.2 Å². The molecule has 0 spiro atoms. The summed E-state index contributed by atoms with van der Waals surface area (Å²) >= 11 is 1.56. The van der Waals surface area contributed by atoms with Crippen LogP contribution in [0.25, 0.3) is 0 Å². The molecule has 0 radical (unpaired) electrons. The Kier molecular flexibility index (Phi) is 4.61. The van der Waals surface area contributed by atoms with Gasteiger partial charge in [-0.25, -0.2) is 4.98 Å². The zero-order valence-electron chi connectivity index (χ0n) is 15.3. The SMILES string of the molecule is CCc1nc(NC(=O)C2(c3ccc4c(c3)OCCO4)CCCC2)sc1C. The quantitative estimate of drug-likeness (QED) is 0.872. The Bertz CT molecular complexity index is 824. The monoisotopic (exact) mass is 372 g/mol. The number of carbonyl (C=O) groups excluding carboxylic acids is 1. The van der Waals surface area contributed by atoms with Crippen molar-refractivity contribution in [2.24, 2.45) is 0 Å². The molecule has 1 saturated carbocycles. The van der Waals surface area contributed by atoms with Crippen molar-refractivity contribution in [3.8, 4) is 11.5 Å². The maximum Gasteiger partial charge on any atom is 0.236 e. The zero-order valence-corrected chi connectivity index (χ0v) is 16.1. The first-order valence-corrected chi connectivity index (χ1v) is 10.1. The summed E-state index contributed by atoms with van der Waals surface area (Å²) in [4.78, 5) is 19.0. The summed E-state index contributed by atoms with van der Waals surface area (Å²) in [6.07, 6.45) is 4.69. The minimum atomic E-state index is -0.512. The molecular formula is C20H24N2O3S. The lowest BCUT2D eigenvalue weighted by Gasteiger charge is -2.29. The molecule has 1 fully saturated rings. The maximum atomic E-state index is 13.3. The molecule has 1 N–H and O–H groups in total. The second-order valence-corrected chi connectivity index (χ2v) is 8.18. The van der Waals surface area contributed by atoms with Crippen LogP contribution >= 0.6 is 11.3 Å². The molecule has 6 heteroatoms. The number of ether oxygens (including phenoxy) is 2. The third-order valence-electron chi connectivity index (χ3n) is 5.43. The first-order chi connectivity index (χ1) is 12.6. The van der Waals surface area contributed by atoms with Crippen molar-refractivity contribution in [3.05, 3.63) is 34.3 Å². The Balaban J connectivity index is 1.64. The third kappa shape index (κ3) is 2.96. The molecule has 1 aromatic heterocycles. The predicted octanol–water partition coefficient (Wildman–Crippen LogP) is 4.24. The Morgan fingerprint density at radius 3 is 2.65 bits per heavy atom. The van der Waals surface area contributed by atoms with E-state index >= 15 is 0 Å². The number of hydrogen-bond donors (Lipinski definition) is 1. The number of nitrogens with one attached hydrogen (secondary N) is 1. The summed E-state index contributed by atoms with van der Waals surface area (Å²) < 4.78 is 11.4. The number of hydrogen-bond acceptors (Lipinski definition) is 5. The first-order valence-electron chi connectivity index (χ1n) is 9.30. The van der Waals surface area contributed by atoms with Crippen molar-refractivity contribution < 1.29 is 14.3 Å². The molecule has 5 nitrogen and oxygen atoms in total. The largest absolute Gasteiger partial charge is 0.486 e. The minimum absolute atomic E-state index is 0.0445. The number of amides is 1. The maximum absolute atomic E-state index is 13.3. The van der Waals surface area contributed by atoms with Crippen LogP contribution < -0.4 is 14.8 Å². The molecule has 0 bridgehead atoms. The van der Waals surface area contributed by atoms with Crippen LogP contribution in [0.2, 0.25) is 0 Å². The van der Waals surface area contributed by atoms with Crippen LogP contribution in [-0.2, 0) is 16.6 Å². The van der Waals surface area contributed by atoms with Gasteiger partial charge in [0.25, 0.3) is 0 Å². The molecule has 0 atom stereocenters. The van der Waals surface area contributed by atoms with Gasteiger partial charge in [-0.2, -0.15) is 0 Å². The molecule has 2 aromatic rings. The summed E-state index contributed by atoms with van der Waals surface area (Å²) in [6.45, 7) is 5.26. The lowest BCUT2D eigenvalue weighted by Crippen LogP contribution is -2.38. The molecule has 0 unspecified atom stereocenters. The van der Waals surface area contributed by atoms with Crippen LogP contribution in [0.3, 0.4) is 0 Å². The average molecular weight is 372 g/mol. The minimum Gasteiger partial charge on any atom is -0.486 e. The number of fused-ring (bicyclic) bond motifs is 1. The van der Waals surface area contributed by atoms with E-state index < -0.39 is 5.41 Å². The van der Waals surface area contributed by atoms with Crippen LogP contribution in [0.1, 0.15) is 48.7 Å². The Labute approximate surface area is 157 Å². The zero-order chi connectivity index (χ0) is 18.1. The van der Waals surface area contributed by atoms with E-state index in [0.717, 1.165) is 54.9 Å². The highest BCUT2D eigenvalue weighted by molar-refractivity contribution is 7.15. The van der Waals surface area contributed by atoms with Gasteiger partial charge in [0.2, 0.25) is 5.91 Å². The summed E-state index contributed by atoms with van der Waals surface area (Å²) in [7, 11) is 0. The average Bonchev–Trinajstić information content (AvgIpc) is 3.28. The van der Waals surface area contributed by atoms with Gasteiger partial charge in [0.05, 0.1) is 11.1 Å². The van der Waals surface area contributed by atoms with E-state index in [1.165, 1.54) is 4.88 Å². The fourth-order valence-electron chi connectivity index (χ4n) is 3.99. The van der Waals surface area contributed by atoms with Gasteiger partial charge in [0.15, 0.2) is 16.6 Å². The highest BCUT2D eigenvalue weighted by atomic mass is 32.1. The van der Waals surface area contributed by atoms with E-state index in [9.17, 15) is 4.79 Å². The lowest BCUT2D eigenvalue weighted by molar-refractivity contribution is -0.121. The van der Waals surface area contributed by atoms with E-state index in [2.05, 4.69) is 24.1 Å². The van der Waals surface area contributed by atoms with Crippen LogP contribution in [0.4, 0.5) is 5.13 Å². The molecule has 1 aromatic carbocycles. The number of aryl methyl sites for hydroxylation is 2. The van der Waals surface area contributed by atoms with Crippen molar-refractivity contribution in [3.63, 3.8) is 0 Å². The number of thiazole rings is 1. The smallest absolute Gasteiger partial charge is 0.236 e. The second kappa shape index (κ2) is 6.91. The van der Waals surface area contributed by atoms with Gasteiger partial charge in [-0.3, -0.25) is 4.79 Å². The highest BCUT2D eigenvalue weighted by Gasteiger charge is 2.43. The Morgan fingerprint density at radius 2 is 1.96 bits per heavy atom. The van der Waals surface area contributed by atoms with E-state index in [1.807, 2.05) is 18.2 Å². The van der Waals surface area contributed by atoms with Crippen molar-refractivity contribution in [2.75, 3.05) is 18.5 Å². The van der Waals surface area contributed by atoms with Crippen LogP contribution in [0, 0.1) is 6.92 Å². The summed E-state index contributed by atoms with van der Waals surface area (Å²) in [5.41, 5.74) is 1.56. The predicted molar refractivity (Wildman–Crippen MR) is 102 cm³/mol. The number of benzene rings is 1. The Morgan fingerprint density at radius 1 is 1.23 bits per heavy atom. The normalized spacial score (nSPS) is 17.9. The Hall–Kier alpha value is -2.08. The number of nitrogens with zero attached hydrogens (tertiary/aromatic N) is 1. The standard InChI is InChI=1S/C20H24N2O3S/c1-3-15-13(2)26-19(21-15)22-18(23)20(8-4-5-9-20)14-6-7-16-17(12-14)25-11-10-24-16/h6-7,12H,3-5,8-11H2,1-2H3,(H,21,22,23). The summed E-state index contributed by atoms with van der Waals surface area (Å²) in [5, 5.41) is 3.80. The first kappa shape index (κ1) is 17.3. The van der Waals surface area contributed by atoms with Crippen molar-refractivity contribution in [1.82, 2.24) is 4.98 Å². The number of carbonyl (C=O) groups is 1. The number of anilines is 1. The summed E-state index contributed by atoms with van der Waals surface area (Å²) in [5.74, 6) is 1.55. The molecule has 4 rings (SSSR count). The molecule has 1 aliphatic heterocycles. The van der Waals surface area contributed by atoms with Gasteiger partial charge >= 0.3 is 0 Å². The third-order valence-corrected chi connectivity index (χ3v) is 6.36. The molecule has 2 aliphatic rings. The van der Waals surface area contributed by atoms with Crippen LogP contribution in [0.5, 0.6) is 11.5 Å². The molecule has 1 amide bonds. The van der Waals surface area contributed by atoms with E-state index in [0.29, 0.717) is 18.3 Å². The van der Waals surface area contributed by atoms with Crippen molar-refractivity contribution >= 4 is 22.4 Å². The van der Waals surface area contributed by atoms with Crippen molar-refractivity contribution in [2.45, 2.75) is 51.4 Å². The molecule has 1 aliphatic carbocycles. The topological polar surface area (TPSA) is 60.5 Å². The molecular weight excluding hydrogens is 348 g/mol. The lowest BCUT2D eigenvalue weighted by atomic mass is 9.78. The number of rotatable bonds is 4. The van der Waals surface area contributed by atoms with E-state index in [-0.39, 0.29) is 5.91 Å². The van der Waals surface area contributed by atoms with E-state index in [1.54, 1.807) is 11.3 Å². The van der Waals surface area contributed by atoms with Gasteiger partial charge in [0.1, 0.15) is 13.2 Å². The molecule has 138 valence electrons. The fraction of sp³-hybridized carbons (Fsp3) is 0.500. The molecule has 0 saturated heterocycles. The van der Waals surface area contributed by atoms with E-state index in [4.69, 9.17) is 9.47 Å². The summed E-state index contributed by atoms with van der Waals surface area (Å²) in [6, 6.07) is 5.94. The fourth-order valence-corrected chi connectivity index (χ4v) is 4.89. The highest BCUT2D eigenvalue weighted by Crippen LogP contribution is 2.45. The van der Waals surface area contributed by atoms with Gasteiger partial charge in [0, 0.05) is 4.88 Å². The van der Waals surface area contributed by atoms with Crippen LogP contribution in [-0.4, -0.2) is 24.1 Å². The van der Waals surface area contributed by atoms with Gasteiger partial charge < -0.3 is 14.8 Å². The molecule has 2 heterocycles. The van der Waals surface area contributed by atoms with Gasteiger partial charge in [-0.15, -0.1) is 11.3 Å². The van der Waals surface area contributed by atoms with Gasteiger partial charge in [-0.1, -0.05) is 25.8 Å². The van der Waals surface area contributed by atoms with Crippen molar-refractivity contribution in [1.29, 1.82) is 0 Å². The second-order valence-electron chi connectivity index (χ2n) is 6.98.